The van der Waals surface area contributed by atoms with Crippen LogP contribution in [0.25, 0.3) is 0 Å². The van der Waals surface area contributed by atoms with Crippen molar-refractivity contribution in [2.24, 2.45) is 11.8 Å². The van der Waals surface area contributed by atoms with Crippen LogP contribution in [0.1, 0.15) is 51.5 Å². The van der Waals surface area contributed by atoms with Crippen LogP contribution in [0.3, 0.4) is 0 Å². The van der Waals surface area contributed by atoms with Crippen molar-refractivity contribution >= 4 is 0 Å². The Hall–Kier alpha value is -1.68. The van der Waals surface area contributed by atoms with Gasteiger partial charge in [-0.25, -0.2) is 0 Å². The lowest BCUT2D eigenvalue weighted by molar-refractivity contribution is 0.304. The van der Waals surface area contributed by atoms with Crippen molar-refractivity contribution in [3.63, 3.8) is 0 Å². The minimum atomic E-state index is 0.702. The molecule has 1 heteroatoms. The summed E-state index contributed by atoms with van der Waals surface area (Å²) in [6.07, 6.45) is 11.1. The molecule has 1 aromatic carbocycles. The van der Waals surface area contributed by atoms with Gasteiger partial charge in [0, 0.05) is 5.56 Å². The molecule has 1 fully saturated rings. The van der Waals surface area contributed by atoms with Gasteiger partial charge in [-0.2, -0.15) is 0 Å². The number of allylic oxidation sites excluding steroid dienone is 2. The van der Waals surface area contributed by atoms with Crippen molar-refractivity contribution < 1.29 is 4.74 Å². The molecule has 112 valence electrons. The molecule has 0 aliphatic heterocycles. The maximum Gasteiger partial charge on any atom is 0.119 e. The fourth-order valence-electron chi connectivity index (χ4n) is 2.90. The molecule has 0 bridgehead atoms. The van der Waals surface area contributed by atoms with Crippen LogP contribution in [0.15, 0.2) is 36.4 Å². The molecule has 1 aliphatic rings. The Morgan fingerprint density at radius 3 is 2.43 bits per heavy atom. The molecule has 0 atom stereocenters. The van der Waals surface area contributed by atoms with Crippen LogP contribution < -0.4 is 4.74 Å². The zero-order chi connectivity index (χ0) is 14.9. The second-order valence-corrected chi connectivity index (χ2v) is 5.77. The SMILES string of the molecule is CCOc1ccc(C#C/C=C/C2CCC(CC)CC2)cc1. The number of ether oxygens (including phenoxy) is 1. The van der Waals surface area contributed by atoms with Gasteiger partial charge in [-0.15, -0.1) is 0 Å². The van der Waals surface area contributed by atoms with Crippen LogP contribution in [0, 0.1) is 23.7 Å². The lowest BCUT2D eigenvalue weighted by Gasteiger charge is -2.25. The Kier molecular flexibility index (Phi) is 6.41. The van der Waals surface area contributed by atoms with Gasteiger partial charge < -0.3 is 4.74 Å². The normalized spacial score (nSPS) is 21.8. The third-order valence-electron chi connectivity index (χ3n) is 4.30. The van der Waals surface area contributed by atoms with Gasteiger partial charge in [-0.05, 0) is 74.8 Å². The predicted octanol–water partition coefficient (Wildman–Crippen LogP) is 5.21. The second-order valence-electron chi connectivity index (χ2n) is 5.77. The average Bonchev–Trinajstić information content (AvgIpc) is 2.54. The van der Waals surface area contributed by atoms with E-state index in [0.29, 0.717) is 6.61 Å². The summed E-state index contributed by atoms with van der Waals surface area (Å²) >= 11 is 0. The molecule has 1 aromatic rings. The molecule has 1 nitrogen and oxygen atoms in total. The van der Waals surface area contributed by atoms with E-state index in [1.807, 2.05) is 37.3 Å². The van der Waals surface area contributed by atoms with Gasteiger partial charge in [-0.1, -0.05) is 31.3 Å². The third kappa shape index (κ3) is 5.31. The van der Waals surface area contributed by atoms with Crippen LogP contribution in [-0.2, 0) is 0 Å². The number of benzene rings is 1. The molecular formula is C20H26O. The summed E-state index contributed by atoms with van der Waals surface area (Å²) in [5, 5.41) is 0. The fourth-order valence-corrected chi connectivity index (χ4v) is 2.90. The topological polar surface area (TPSA) is 9.23 Å². The Bertz CT molecular complexity index is 493. The van der Waals surface area contributed by atoms with Crippen LogP contribution in [0.5, 0.6) is 5.75 Å². The first-order valence-electron chi connectivity index (χ1n) is 8.22. The second kappa shape index (κ2) is 8.57. The van der Waals surface area contributed by atoms with E-state index in [-0.39, 0.29) is 0 Å². The molecule has 1 aliphatic carbocycles. The standard InChI is InChI=1S/C20H26O/c1-3-17-9-11-18(12-10-17)7-5-6-8-19-13-15-20(16-14-19)21-4-2/h5,7,13-18H,3-4,9-12H2,1-2H3/b7-5+. The van der Waals surface area contributed by atoms with Gasteiger partial charge in [0.1, 0.15) is 5.75 Å². The minimum Gasteiger partial charge on any atom is -0.494 e. The summed E-state index contributed by atoms with van der Waals surface area (Å²) in [7, 11) is 0. The Morgan fingerprint density at radius 2 is 1.81 bits per heavy atom. The first kappa shape index (κ1) is 15.7. The molecular weight excluding hydrogens is 256 g/mol. The Balaban J connectivity index is 1.81. The molecule has 0 N–H and O–H groups in total. The van der Waals surface area contributed by atoms with E-state index < -0.39 is 0 Å². The molecule has 0 unspecified atom stereocenters. The van der Waals surface area contributed by atoms with Crippen LogP contribution in [0.4, 0.5) is 0 Å². The van der Waals surface area contributed by atoms with Crippen LogP contribution in [0.2, 0.25) is 0 Å². The highest BCUT2D eigenvalue weighted by Crippen LogP contribution is 2.31. The fraction of sp³-hybridized carbons (Fsp3) is 0.500. The molecule has 0 heterocycles. The summed E-state index contributed by atoms with van der Waals surface area (Å²) in [5.41, 5.74) is 1.04. The van der Waals surface area contributed by atoms with Crippen molar-refractivity contribution in [3.05, 3.63) is 42.0 Å². The van der Waals surface area contributed by atoms with Crippen molar-refractivity contribution in [1.82, 2.24) is 0 Å². The largest absolute Gasteiger partial charge is 0.494 e. The molecule has 21 heavy (non-hydrogen) atoms. The van der Waals surface area contributed by atoms with Gasteiger partial charge in [0.2, 0.25) is 0 Å². The van der Waals surface area contributed by atoms with E-state index >= 15 is 0 Å². The van der Waals surface area contributed by atoms with Crippen molar-refractivity contribution in [2.45, 2.75) is 46.0 Å². The van der Waals surface area contributed by atoms with E-state index in [0.717, 1.165) is 23.1 Å². The summed E-state index contributed by atoms with van der Waals surface area (Å²) in [5.74, 6) is 8.94. The van der Waals surface area contributed by atoms with Crippen LogP contribution in [-0.4, -0.2) is 6.61 Å². The van der Waals surface area contributed by atoms with Crippen molar-refractivity contribution in [3.8, 4) is 17.6 Å². The quantitative estimate of drug-likeness (QED) is 0.689. The molecule has 1 saturated carbocycles. The number of rotatable bonds is 4. The van der Waals surface area contributed by atoms with Gasteiger partial charge in [0.25, 0.3) is 0 Å². The molecule has 0 amide bonds. The zero-order valence-corrected chi connectivity index (χ0v) is 13.3. The van der Waals surface area contributed by atoms with Gasteiger partial charge in [0.05, 0.1) is 6.61 Å². The van der Waals surface area contributed by atoms with Crippen LogP contribution >= 0.6 is 0 Å². The molecule has 0 saturated heterocycles. The van der Waals surface area contributed by atoms with Crippen molar-refractivity contribution in [1.29, 1.82) is 0 Å². The summed E-state index contributed by atoms with van der Waals surface area (Å²) in [6.45, 7) is 5.00. The lowest BCUT2D eigenvalue weighted by atomic mass is 9.81. The first-order chi connectivity index (χ1) is 10.3. The average molecular weight is 282 g/mol. The third-order valence-corrected chi connectivity index (χ3v) is 4.30. The maximum atomic E-state index is 5.42. The van der Waals surface area contributed by atoms with Gasteiger partial charge >= 0.3 is 0 Å². The Labute approximate surface area is 129 Å². The van der Waals surface area contributed by atoms with Crippen molar-refractivity contribution in [2.75, 3.05) is 6.61 Å². The smallest absolute Gasteiger partial charge is 0.119 e. The highest BCUT2D eigenvalue weighted by Gasteiger charge is 2.17. The zero-order valence-electron chi connectivity index (χ0n) is 13.3. The van der Waals surface area contributed by atoms with E-state index in [1.54, 1.807) is 0 Å². The maximum absolute atomic E-state index is 5.42. The molecule has 0 radical (unpaired) electrons. The van der Waals surface area contributed by atoms with E-state index in [2.05, 4.69) is 24.8 Å². The Morgan fingerprint density at radius 1 is 1.10 bits per heavy atom. The van der Waals surface area contributed by atoms with E-state index in [9.17, 15) is 0 Å². The number of hydrogen-bond acceptors (Lipinski definition) is 1. The van der Waals surface area contributed by atoms with E-state index in [1.165, 1.54) is 32.1 Å². The molecule has 2 rings (SSSR count). The first-order valence-corrected chi connectivity index (χ1v) is 8.22. The summed E-state index contributed by atoms with van der Waals surface area (Å²) < 4.78 is 5.42. The molecule has 0 spiro atoms. The van der Waals surface area contributed by atoms with E-state index in [4.69, 9.17) is 4.74 Å². The molecule has 0 aromatic heterocycles. The lowest BCUT2D eigenvalue weighted by Crippen LogP contribution is -2.11. The highest BCUT2D eigenvalue weighted by atomic mass is 16.5. The minimum absolute atomic E-state index is 0.702. The highest BCUT2D eigenvalue weighted by molar-refractivity contribution is 5.40. The predicted molar refractivity (Wildman–Crippen MR) is 89.4 cm³/mol. The summed E-state index contributed by atoms with van der Waals surface area (Å²) in [6, 6.07) is 7.98. The van der Waals surface area contributed by atoms with Gasteiger partial charge in [-0.3, -0.25) is 0 Å². The number of hydrogen-bond donors (Lipinski definition) is 0. The monoisotopic (exact) mass is 282 g/mol. The van der Waals surface area contributed by atoms with Gasteiger partial charge in [0.15, 0.2) is 0 Å². The summed E-state index contributed by atoms with van der Waals surface area (Å²) in [4.78, 5) is 0.